The number of morpholine rings is 1. The number of ether oxygens (including phenoxy) is 2. The smallest absolute Gasteiger partial charge is 0.187 e. The van der Waals surface area contributed by atoms with E-state index in [4.69, 9.17) is 21.7 Å². The summed E-state index contributed by atoms with van der Waals surface area (Å²) in [5.74, 6) is 0.827. The second-order valence-corrected chi connectivity index (χ2v) is 5.42. The topological polar surface area (TPSA) is 59.3 Å². The third-order valence-electron chi connectivity index (χ3n) is 3.46. The SMILES string of the molecule is COc1ccc(/C=N\NC(=S)NCC[NH+]2CCOCC2)cc1. The number of hydrogen-bond acceptors (Lipinski definition) is 4. The first-order valence-electron chi connectivity index (χ1n) is 7.40. The van der Waals surface area contributed by atoms with Crippen LogP contribution in [0.15, 0.2) is 29.4 Å². The van der Waals surface area contributed by atoms with Crippen molar-refractivity contribution in [1.29, 1.82) is 0 Å². The molecular weight excluding hydrogens is 300 g/mol. The van der Waals surface area contributed by atoms with E-state index < -0.39 is 0 Å². The average Bonchev–Trinajstić information content (AvgIpc) is 2.56. The van der Waals surface area contributed by atoms with Gasteiger partial charge in [-0.05, 0) is 42.0 Å². The zero-order valence-electron chi connectivity index (χ0n) is 12.8. The number of hydrazone groups is 1. The molecule has 0 amide bonds. The van der Waals surface area contributed by atoms with Crippen LogP contribution in [0.1, 0.15) is 5.56 Å². The largest absolute Gasteiger partial charge is 0.497 e. The predicted molar refractivity (Wildman–Crippen MR) is 90.7 cm³/mol. The van der Waals surface area contributed by atoms with Gasteiger partial charge in [-0.25, -0.2) is 0 Å². The van der Waals surface area contributed by atoms with E-state index in [2.05, 4.69) is 15.8 Å². The Morgan fingerprint density at radius 1 is 1.36 bits per heavy atom. The summed E-state index contributed by atoms with van der Waals surface area (Å²) < 4.78 is 10.4. The first-order chi connectivity index (χ1) is 10.8. The highest BCUT2D eigenvalue weighted by molar-refractivity contribution is 7.80. The van der Waals surface area contributed by atoms with Gasteiger partial charge in [-0.3, -0.25) is 5.43 Å². The molecule has 0 bridgehead atoms. The molecular formula is C15H23N4O2S+. The second kappa shape index (κ2) is 9.34. The van der Waals surface area contributed by atoms with Crippen molar-refractivity contribution in [3.63, 3.8) is 0 Å². The van der Waals surface area contributed by atoms with Crippen LogP contribution in [0.4, 0.5) is 0 Å². The molecule has 1 aromatic rings. The Balaban J connectivity index is 1.62. The standard InChI is InChI=1S/C15H22N4O2S/c1-20-14-4-2-13(3-5-14)12-17-18-15(22)16-6-7-19-8-10-21-11-9-19/h2-5,12H,6-11H2,1H3,(H2,16,18,22)/p+1/b17-12-. The zero-order chi connectivity index (χ0) is 15.6. The fraction of sp³-hybridized carbons (Fsp3) is 0.467. The van der Waals surface area contributed by atoms with Gasteiger partial charge in [-0.2, -0.15) is 5.10 Å². The lowest BCUT2D eigenvalue weighted by molar-refractivity contribution is -0.906. The molecule has 0 aromatic heterocycles. The minimum absolute atomic E-state index is 0.539. The molecule has 7 heteroatoms. The number of nitrogens with zero attached hydrogens (tertiary/aromatic N) is 1. The number of thiocarbonyl (C=S) groups is 1. The third-order valence-corrected chi connectivity index (χ3v) is 3.70. The van der Waals surface area contributed by atoms with Crippen molar-refractivity contribution in [3.8, 4) is 5.75 Å². The summed E-state index contributed by atoms with van der Waals surface area (Å²) in [7, 11) is 1.65. The lowest BCUT2D eigenvalue weighted by atomic mass is 10.2. The summed E-state index contributed by atoms with van der Waals surface area (Å²) in [5.41, 5.74) is 3.80. The maximum Gasteiger partial charge on any atom is 0.187 e. The molecule has 1 heterocycles. The quantitative estimate of drug-likeness (QED) is 0.371. The minimum atomic E-state index is 0.539. The van der Waals surface area contributed by atoms with Gasteiger partial charge in [-0.15, -0.1) is 0 Å². The lowest BCUT2D eigenvalue weighted by Gasteiger charge is -2.23. The highest BCUT2D eigenvalue weighted by Gasteiger charge is 2.12. The Hall–Kier alpha value is -1.70. The number of benzene rings is 1. The Kier molecular flexibility index (Phi) is 7.08. The monoisotopic (exact) mass is 323 g/mol. The van der Waals surface area contributed by atoms with Gasteiger partial charge in [0.15, 0.2) is 5.11 Å². The number of hydrogen-bond donors (Lipinski definition) is 3. The maximum atomic E-state index is 5.33. The average molecular weight is 323 g/mol. The summed E-state index contributed by atoms with van der Waals surface area (Å²) in [5, 5.41) is 7.81. The van der Waals surface area contributed by atoms with Crippen LogP contribution in [-0.2, 0) is 4.74 Å². The lowest BCUT2D eigenvalue weighted by Crippen LogP contribution is -3.14. The van der Waals surface area contributed by atoms with Gasteiger partial charge in [0.1, 0.15) is 18.8 Å². The summed E-state index contributed by atoms with van der Waals surface area (Å²) in [6, 6.07) is 7.65. The Labute approximate surface area is 136 Å². The second-order valence-electron chi connectivity index (χ2n) is 5.01. The van der Waals surface area contributed by atoms with Crippen molar-refractivity contribution in [2.24, 2.45) is 5.10 Å². The van der Waals surface area contributed by atoms with Crippen molar-refractivity contribution >= 4 is 23.5 Å². The predicted octanol–water partition coefficient (Wildman–Crippen LogP) is -0.592. The Bertz CT molecular complexity index is 487. The van der Waals surface area contributed by atoms with Crippen LogP contribution in [-0.4, -0.2) is 57.8 Å². The van der Waals surface area contributed by atoms with Gasteiger partial charge in [0.05, 0.1) is 39.6 Å². The van der Waals surface area contributed by atoms with Gasteiger partial charge in [0.2, 0.25) is 0 Å². The molecule has 1 aliphatic heterocycles. The van der Waals surface area contributed by atoms with Gasteiger partial charge in [0.25, 0.3) is 0 Å². The molecule has 0 unspecified atom stereocenters. The van der Waals surface area contributed by atoms with E-state index in [0.717, 1.165) is 50.7 Å². The normalized spacial score (nSPS) is 15.7. The van der Waals surface area contributed by atoms with Crippen molar-refractivity contribution < 1.29 is 14.4 Å². The van der Waals surface area contributed by atoms with Crippen molar-refractivity contribution in [3.05, 3.63) is 29.8 Å². The summed E-state index contributed by atoms with van der Waals surface area (Å²) in [6.07, 6.45) is 1.72. The molecule has 1 aromatic carbocycles. The van der Waals surface area contributed by atoms with Crippen LogP contribution in [0, 0.1) is 0 Å². The molecule has 1 fully saturated rings. The summed E-state index contributed by atoms with van der Waals surface area (Å²) in [6.45, 7) is 5.70. The summed E-state index contributed by atoms with van der Waals surface area (Å²) >= 11 is 5.19. The van der Waals surface area contributed by atoms with E-state index in [1.807, 2.05) is 24.3 Å². The number of quaternary nitrogens is 1. The van der Waals surface area contributed by atoms with Crippen molar-refractivity contribution in [2.45, 2.75) is 0 Å². The third kappa shape index (κ3) is 5.97. The van der Waals surface area contributed by atoms with Gasteiger partial charge < -0.3 is 19.7 Å². The first kappa shape index (κ1) is 16.7. The molecule has 0 aliphatic carbocycles. The van der Waals surface area contributed by atoms with Crippen LogP contribution < -0.4 is 20.4 Å². The molecule has 0 saturated carbocycles. The zero-order valence-corrected chi connectivity index (χ0v) is 13.6. The fourth-order valence-electron chi connectivity index (χ4n) is 2.16. The van der Waals surface area contributed by atoms with Gasteiger partial charge in [0, 0.05) is 0 Å². The van der Waals surface area contributed by atoms with Crippen LogP contribution in [0.5, 0.6) is 5.75 Å². The van der Waals surface area contributed by atoms with Crippen LogP contribution in [0.25, 0.3) is 0 Å². The maximum absolute atomic E-state index is 5.33. The van der Waals surface area contributed by atoms with Crippen LogP contribution in [0.3, 0.4) is 0 Å². The van der Waals surface area contributed by atoms with Gasteiger partial charge in [-0.1, -0.05) is 0 Å². The van der Waals surface area contributed by atoms with E-state index in [1.165, 1.54) is 0 Å². The Morgan fingerprint density at radius 2 is 2.09 bits per heavy atom. The molecule has 1 aliphatic rings. The van der Waals surface area contributed by atoms with E-state index >= 15 is 0 Å². The Morgan fingerprint density at radius 3 is 2.77 bits per heavy atom. The fourth-order valence-corrected chi connectivity index (χ4v) is 2.31. The first-order valence-corrected chi connectivity index (χ1v) is 7.81. The molecule has 22 heavy (non-hydrogen) atoms. The molecule has 3 N–H and O–H groups in total. The van der Waals surface area contributed by atoms with E-state index in [-0.39, 0.29) is 0 Å². The summed E-state index contributed by atoms with van der Waals surface area (Å²) in [4.78, 5) is 1.54. The molecule has 1 saturated heterocycles. The minimum Gasteiger partial charge on any atom is -0.497 e. The molecule has 120 valence electrons. The molecule has 0 radical (unpaired) electrons. The number of nitrogens with one attached hydrogen (secondary N) is 3. The van der Waals surface area contributed by atoms with Crippen LogP contribution >= 0.6 is 12.2 Å². The molecule has 0 spiro atoms. The van der Waals surface area contributed by atoms with Gasteiger partial charge >= 0.3 is 0 Å². The van der Waals surface area contributed by atoms with Crippen molar-refractivity contribution in [2.75, 3.05) is 46.5 Å². The molecule has 0 atom stereocenters. The van der Waals surface area contributed by atoms with Crippen molar-refractivity contribution in [1.82, 2.24) is 10.7 Å². The highest BCUT2D eigenvalue weighted by atomic mass is 32.1. The molecule has 2 rings (SSSR count). The van der Waals surface area contributed by atoms with Crippen LogP contribution in [0.2, 0.25) is 0 Å². The van der Waals surface area contributed by atoms with E-state index in [0.29, 0.717) is 5.11 Å². The van der Waals surface area contributed by atoms with E-state index in [9.17, 15) is 0 Å². The van der Waals surface area contributed by atoms with E-state index in [1.54, 1.807) is 18.2 Å². The number of methoxy groups -OCH3 is 1. The number of rotatable bonds is 6. The highest BCUT2D eigenvalue weighted by Crippen LogP contribution is 2.09. The molecule has 6 nitrogen and oxygen atoms in total.